The van der Waals surface area contributed by atoms with Crippen LogP contribution in [0.15, 0.2) is 6.07 Å². The summed E-state index contributed by atoms with van der Waals surface area (Å²) in [6, 6.07) is 1.77. The Hall–Kier alpha value is -0.640. The van der Waals surface area contributed by atoms with Gasteiger partial charge in [-0.3, -0.25) is 0 Å². The summed E-state index contributed by atoms with van der Waals surface area (Å²) in [5.74, 6) is 0.255. The van der Waals surface area contributed by atoms with Crippen LogP contribution in [0.5, 0.6) is 0 Å². The minimum Gasteiger partial charge on any atom is -0.231 e. The molecule has 0 fully saturated rings. The predicted octanol–water partition coefficient (Wildman–Crippen LogP) is 4.11. The minimum atomic E-state index is 0.114. The first-order valence-electron chi connectivity index (χ1n) is 4.68. The zero-order chi connectivity index (χ0) is 11.9. The summed E-state index contributed by atoms with van der Waals surface area (Å²) in [6.45, 7) is 4.07. The standard InChI is InChI=1S/C10H8Cl3N3/c1-4(2)5-3-6(11)14-8-7(5)15-10(13)16-9(8)12/h3-4H,1-2H3. The zero-order valence-corrected chi connectivity index (χ0v) is 10.9. The highest BCUT2D eigenvalue weighted by atomic mass is 35.5. The molecule has 2 aromatic rings. The van der Waals surface area contributed by atoms with Crippen LogP contribution in [0.3, 0.4) is 0 Å². The van der Waals surface area contributed by atoms with E-state index in [2.05, 4.69) is 15.0 Å². The van der Waals surface area contributed by atoms with Gasteiger partial charge in [0.15, 0.2) is 5.15 Å². The van der Waals surface area contributed by atoms with E-state index in [0.29, 0.717) is 16.2 Å². The maximum Gasteiger partial charge on any atom is 0.224 e. The van der Waals surface area contributed by atoms with Crippen LogP contribution in [0.2, 0.25) is 15.6 Å². The van der Waals surface area contributed by atoms with E-state index in [1.165, 1.54) is 0 Å². The smallest absolute Gasteiger partial charge is 0.224 e. The van der Waals surface area contributed by atoms with Gasteiger partial charge in [-0.15, -0.1) is 0 Å². The fourth-order valence-corrected chi connectivity index (χ4v) is 2.10. The number of pyridine rings is 1. The largest absolute Gasteiger partial charge is 0.231 e. The number of nitrogens with zero attached hydrogens (tertiary/aromatic N) is 3. The Kier molecular flexibility index (Phi) is 3.19. The first-order valence-corrected chi connectivity index (χ1v) is 5.81. The molecule has 0 amide bonds. The molecule has 0 N–H and O–H groups in total. The number of rotatable bonds is 1. The quantitative estimate of drug-likeness (QED) is 0.447. The van der Waals surface area contributed by atoms with Gasteiger partial charge in [-0.2, -0.15) is 0 Å². The van der Waals surface area contributed by atoms with E-state index in [4.69, 9.17) is 34.8 Å². The monoisotopic (exact) mass is 275 g/mol. The highest BCUT2D eigenvalue weighted by molar-refractivity contribution is 6.36. The van der Waals surface area contributed by atoms with Gasteiger partial charge < -0.3 is 0 Å². The van der Waals surface area contributed by atoms with Gasteiger partial charge >= 0.3 is 0 Å². The summed E-state index contributed by atoms with van der Waals surface area (Å²) in [5.41, 5.74) is 2.10. The Morgan fingerprint density at radius 2 is 1.69 bits per heavy atom. The molecule has 0 aliphatic rings. The van der Waals surface area contributed by atoms with Gasteiger partial charge in [0, 0.05) is 0 Å². The molecule has 0 atom stereocenters. The fourth-order valence-electron chi connectivity index (χ4n) is 1.48. The van der Waals surface area contributed by atoms with Crippen molar-refractivity contribution >= 4 is 45.8 Å². The normalized spacial score (nSPS) is 11.4. The lowest BCUT2D eigenvalue weighted by Gasteiger charge is -2.09. The van der Waals surface area contributed by atoms with Crippen LogP contribution in [0.1, 0.15) is 25.3 Å². The third-order valence-electron chi connectivity index (χ3n) is 2.20. The van der Waals surface area contributed by atoms with Crippen LogP contribution in [-0.2, 0) is 0 Å². The molecule has 0 saturated carbocycles. The molecule has 2 heterocycles. The van der Waals surface area contributed by atoms with Gasteiger partial charge in [-0.25, -0.2) is 15.0 Å². The van der Waals surface area contributed by atoms with E-state index in [0.717, 1.165) is 5.56 Å². The Morgan fingerprint density at radius 3 is 2.31 bits per heavy atom. The molecule has 0 aliphatic carbocycles. The van der Waals surface area contributed by atoms with E-state index in [1.807, 2.05) is 13.8 Å². The van der Waals surface area contributed by atoms with Crippen molar-refractivity contribution in [1.82, 2.24) is 15.0 Å². The molecular weight excluding hydrogens is 268 g/mol. The third kappa shape index (κ3) is 2.08. The molecule has 0 aliphatic heterocycles. The molecule has 0 aromatic carbocycles. The maximum atomic E-state index is 5.95. The highest BCUT2D eigenvalue weighted by Crippen LogP contribution is 2.29. The van der Waals surface area contributed by atoms with E-state index in [1.54, 1.807) is 6.07 Å². The van der Waals surface area contributed by atoms with Gasteiger partial charge in [0.25, 0.3) is 0 Å². The molecule has 0 bridgehead atoms. The minimum absolute atomic E-state index is 0.114. The fraction of sp³-hybridized carbons (Fsp3) is 0.300. The van der Waals surface area contributed by atoms with Crippen molar-refractivity contribution in [3.8, 4) is 0 Å². The van der Waals surface area contributed by atoms with Gasteiger partial charge in [0.2, 0.25) is 5.28 Å². The number of halogens is 3. The Bertz CT molecular complexity index is 554. The van der Waals surface area contributed by atoms with Crippen molar-refractivity contribution in [3.63, 3.8) is 0 Å². The molecule has 84 valence electrons. The second-order valence-corrected chi connectivity index (χ2v) is 4.75. The van der Waals surface area contributed by atoms with Gasteiger partial charge in [0.1, 0.15) is 10.7 Å². The summed E-state index contributed by atoms with van der Waals surface area (Å²) >= 11 is 17.6. The summed E-state index contributed by atoms with van der Waals surface area (Å²) in [5, 5.41) is 0.715. The lowest BCUT2D eigenvalue weighted by Crippen LogP contribution is -1.97. The molecule has 2 rings (SSSR count). The summed E-state index contributed by atoms with van der Waals surface area (Å²) < 4.78 is 0. The topological polar surface area (TPSA) is 38.7 Å². The average Bonchev–Trinajstić information content (AvgIpc) is 2.18. The Morgan fingerprint density at radius 1 is 1.00 bits per heavy atom. The van der Waals surface area contributed by atoms with Crippen LogP contribution >= 0.6 is 34.8 Å². The average molecular weight is 277 g/mol. The van der Waals surface area contributed by atoms with Crippen molar-refractivity contribution < 1.29 is 0 Å². The molecule has 0 spiro atoms. The molecule has 0 saturated heterocycles. The third-order valence-corrected chi connectivity index (χ3v) is 2.83. The number of fused-ring (bicyclic) bond motifs is 1. The van der Waals surface area contributed by atoms with Gasteiger partial charge in [-0.1, -0.05) is 37.0 Å². The van der Waals surface area contributed by atoms with E-state index < -0.39 is 0 Å². The molecular formula is C10H8Cl3N3. The van der Waals surface area contributed by atoms with Crippen molar-refractivity contribution in [2.75, 3.05) is 0 Å². The molecule has 3 nitrogen and oxygen atoms in total. The second-order valence-electron chi connectivity index (χ2n) is 3.67. The molecule has 0 unspecified atom stereocenters. The van der Waals surface area contributed by atoms with Crippen LogP contribution in [-0.4, -0.2) is 15.0 Å². The van der Waals surface area contributed by atoms with Crippen LogP contribution in [0, 0.1) is 0 Å². The number of hydrogen-bond acceptors (Lipinski definition) is 3. The zero-order valence-electron chi connectivity index (χ0n) is 8.63. The van der Waals surface area contributed by atoms with Crippen molar-refractivity contribution in [3.05, 3.63) is 27.2 Å². The molecule has 6 heteroatoms. The van der Waals surface area contributed by atoms with Crippen molar-refractivity contribution in [2.24, 2.45) is 0 Å². The van der Waals surface area contributed by atoms with Crippen LogP contribution in [0.25, 0.3) is 11.0 Å². The lowest BCUT2D eigenvalue weighted by atomic mass is 10.0. The Labute approximate surface area is 108 Å². The molecule has 2 aromatic heterocycles. The van der Waals surface area contributed by atoms with Gasteiger partial charge in [-0.05, 0) is 29.1 Å². The lowest BCUT2D eigenvalue weighted by molar-refractivity contribution is 0.869. The number of hydrogen-bond donors (Lipinski definition) is 0. The second kappa shape index (κ2) is 4.32. The first kappa shape index (κ1) is 11.8. The van der Waals surface area contributed by atoms with Crippen LogP contribution in [0.4, 0.5) is 0 Å². The molecule has 0 radical (unpaired) electrons. The molecule has 16 heavy (non-hydrogen) atoms. The maximum absolute atomic E-state index is 5.95. The van der Waals surface area contributed by atoms with Crippen molar-refractivity contribution in [2.45, 2.75) is 19.8 Å². The Balaban J connectivity index is 2.89. The first-order chi connectivity index (χ1) is 7.49. The van der Waals surface area contributed by atoms with Gasteiger partial charge in [0.05, 0.1) is 5.52 Å². The summed E-state index contributed by atoms with van der Waals surface area (Å²) in [7, 11) is 0. The summed E-state index contributed by atoms with van der Waals surface area (Å²) in [6.07, 6.45) is 0. The highest BCUT2D eigenvalue weighted by Gasteiger charge is 2.14. The van der Waals surface area contributed by atoms with E-state index >= 15 is 0 Å². The van der Waals surface area contributed by atoms with Crippen molar-refractivity contribution in [1.29, 1.82) is 0 Å². The van der Waals surface area contributed by atoms with Crippen LogP contribution < -0.4 is 0 Å². The summed E-state index contributed by atoms with van der Waals surface area (Å²) in [4.78, 5) is 12.1. The van der Waals surface area contributed by atoms with E-state index in [-0.39, 0.29) is 16.4 Å². The number of aromatic nitrogens is 3. The van der Waals surface area contributed by atoms with E-state index in [9.17, 15) is 0 Å². The predicted molar refractivity (Wildman–Crippen MR) is 66.5 cm³/mol. The SMILES string of the molecule is CC(C)c1cc(Cl)nc2c(Cl)nc(Cl)nc12.